The highest BCUT2D eigenvalue weighted by molar-refractivity contribution is 6.34. The molecule has 0 spiro atoms. The molecule has 1 atom stereocenters. The Morgan fingerprint density at radius 1 is 1.58 bits per heavy atom. The van der Waals surface area contributed by atoms with E-state index >= 15 is 0 Å². The highest BCUT2D eigenvalue weighted by Crippen LogP contribution is 2.37. The summed E-state index contributed by atoms with van der Waals surface area (Å²) in [6.07, 6.45) is 1.90. The van der Waals surface area contributed by atoms with Crippen LogP contribution in [0.25, 0.3) is 0 Å². The fourth-order valence-electron chi connectivity index (χ4n) is 2.41. The zero-order valence-electron chi connectivity index (χ0n) is 10.3. The molecule has 1 aromatic rings. The van der Waals surface area contributed by atoms with Crippen molar-refractivity contribution in [3.05, 3.63) is 32.8 Å². The molecule has 6 nitrogen and oxygen atoms in total. The summed E-state index contributed by atoms with van der Waals surface area (Å²) < 4.78 is 0. The van der Waals surface area contributed by atoms with Gasteiger partial charge in [0.1, 0.15) is 0 Å². The van der Waals surface area contributed by atoms with Crippen molar-refractivity contribution >= 4 is 28.9 Å². The molecule has 7 heteroatoms. The van der Waals surface area contributed by atoms with Crippen LogP contribution in [0.1, 0.15) is 30.1 Å². The van der Waals surface area contributed by atoms with Gasteiger partial charge in [0.2, 0.25) is 0 Å². The number of benzene rings is 1. The minimum absolute atomic E-state index is 0.111. The molecule has 1 N–H and O–H groups in total. The molecule has 0 amide bonds. The molecule has 0 radical (unpaired) electrons. The first kappa shape index (κ1) is 13.6. The lowest BCUT2D eigenvalue weighted by molar-refractivity contribution is -0.384. The number of hydrogen-bond acceptors (Lipinski definition) is 4. The van der Waals surface area contributed by atoms with Gasteiger partial charge in [-0.05, 0) is 19.8 Å². The van der Waals surface area contributed by atoms with Crippen LogP contribution in [0.3, 0.4) is 0 Å². The van der Waals surface area contributed by atoms with E-state index in [1.54, 1.807) is 0 Å². The number of nitrogens with zero attached hydrogens (tertiary/aromatic N) is 2. The van der Waals surface area contributed by atoms with Gasteiger partial charge >= 0.3 is 5.97 Å². The standard InChI is InChI=1S/C12H13ClN2O4/c1-7-3-2-4-14(7)11-9(12(16)17)5-8(15(18)19)6-10(11)13/h5-7H,2-4H2,1H3,(H,16,17). The molecule has 19 heavy (non-hydrogen) atoms. The van der Waals surface area contributed by atoms with Crippen molar-refractivity contribution in [2.24, 2.45) is 0 Å². The summed E-state index contributed by atoms with van der Waals surface area (Å²) in [4.78, 5) is 23.3. The van der Waals surface area contributed by atoms with E-state index in [-0.39, 0.29) is 22.3 Å². The lowest BCUT2D eigenvalue weighted by Gasteiger charge is -2.26. The normalized spacial score (nSPS) is 18.6. The molecular formula is C12H13ClN2O4. The van der Waals surface area contributed by atoms with Crippen LogP contribution < -0.4 is 4.90 Å². The summed E-state index contributed by atoms with van der Waals surface area (Å²) >= 11 is 6.06. The Hall–Kier alpha value is -1.82. The maximum Gasteiger partial charge on any atom is 0.338 e. The predicted octanol–water partition coefficient (Wildman–Crippen LogP) is 2.94. The first-order valence-corrected chi connectivity index (χ1v) is 6.27. The molecule has 1 unspecified atom stereocenters. The number of carboxylic acid groups (broad SMARTS) is 1. The second-order valence-electron chi connectivity index (χ2n) is 4.57. The summed E-state index contributed by atoms with van der Waals surface area (Å²) in [6.45, 7) is 2.69. The zero-order valence-corrected chi connectivity index (χ0v) is 11.1. The number of rotatable bonds is 3. The summed E-state index contributed by atoms with van der Waals surface area (Å²) in [7, 11) is 0. The van der Waals surface area contributed by atoms with E-state index < -0.39 is 10.9 Å². The molecule has 1 aliphatic heterocycles. The number of aromatic carboxylic acids is 1. The molecule has 1 aliphatic rings. The Kier molecular flexibility index (Phi) is 3.61. The predicted molar refractivity (Wildman–Crippen MR) is 71.1 cm³/mol. The largest absolute Gasteiger partial charge is 0.478 e. The molecule has 0 aliphatic carbocycles. The number of anilines is 1. The summed E-state index contributed by atoms with van der Waals surface area (Å²) in [6, 6.07) is 2.44. The van der Waals surface area contributed by atoms with Crippen LogP contribution in [0.2, 0.25) is 5.02 Å². The van der Waals surface area contributed by atoms with E-state index in [1.807, 2.05) is 11.8 Å². The minimum Gasteiger partial charge on any atom is -0.478 e. The average Bonchev–Trinajstić information content (AvgIpc) is 2.74. The van der Waals surface area contributed by atoms with E-state index in [0.29, 0.717) is 12.2 Å². The molecule has 0 bridgehead atoms. The molecule has 2 rings (SSSR count). The fourth-order valence-corrected chi connectivity index (χ4v) is 2.73. The first-order chi connectivity index (χ1) is 8.91. The van der Waals surface area contributed by atoms with E-state index in [2.05, 4.69) is 0 Å². The van der Waals surface area contributed by atoms with Crippen LogP contribution in [-0.4, -0.2) is 28.6 Å². The van der Waals surface area contributed by atoms with Gasteiger partial charge in [0.05, 0.1) is 21.2 Å². The Morgan fingerprint density at radius 2 is 2.26 bits per heavy atom. The van der Waals surface area contributed by atoms with Crippen LogP contribution in [0.5, 0.6) is 0 Å². The van der Waals surface area contributed by atoms with Gasteiger partial charge in [-0.2, -0.15) is 0 Å². The van der Waals surface area contributed by atoms with Crippen molar-refractivity contribution < 1.29 is 14.8 Å². The lowest BCUT2D eigenvalue weighted by atomic mass is 10.1. The third-order valence-electron chi connectivity index (χ3n) is 3.33. The number of halogens is 1. The van der Waals surface area contributed by atoms with E-state index in [9.17, 15) is 20.0 Å². The second-order valence-corrected chi connectivity index (χ2v) is 4.98. The molecule has 102 valence electrons. The average molecular weight is 285 g/mol. The third-order valence-corrected chi connectivity index (χ3v) is 3.62. The van der Waals surface area contributed by atoms with Gasteiger partial charge in [0, 0.05) is 24.7 Å². The number of carboxylic acids is 1. The van der Waals surface area contributed by atoms with Crippen molar-refractivity contribution in [3.8, 4) is 0 Å². The molecule has 1 aromatic carbocycles. The number of hydrogen-bond donors (Lipinski definition) is 1. The Labute approximate surface area is 114 Å². The van der Waals surface area contributed by atoms with Crippen LogP contribution in [0.15, 0.2) is 12.1 Å². The summed E-state index contributed by atoms with van der Waals surface area (Å²) in [5.74, 6) is -1.21. The quantitative estimate of drug-likeness (QED) is 0.681. The molecular weight excluding hydrogens is 272 g/mol. The maximum absolute atomic E-state index is 11.3. The van der Waals surface area contributed by atoms with Crippen molar-refractivity contribution in [1.29, 1.82) is 0 Å². The third kappa shape index (κ3) is 2.49. The molecule has 0 aromatic heterocycles. The highest BCUT2D eigenvalue weighted by atomic mass is 35.5. The topological polar surface area (TPSA) is 83.7 Å². The van der Waals surface area contributed by atoms with E-state index in [4.69, 9.17) is 11.6 Å². The van der Waals surface area contributed by atoms with Crippen LogP contribution in [-0.2, 0) is 0 Å². The van der Waals surface area contributed by atoms with Gasteiger partial charge < -0.3 is 10.0 Å². The van der Waals surface area contributed by atoms with Crippen molar-refractivity contribution in [2.45, 2.75) is 25.8 Å². The van der Waals surface area contributed by atoms with Crippen LogP contribution in [0, 0.1) is 10.1 Å². The maximum atomic E-state index is 11.3. The number of nitro benzene ring substituents is 1. The lowest BCUT2D eigenvalue weighted by Crippen LogP contribution is -2.28. The van der Waals surface area contributed by atoms with Crippen LogP contribution >= 0.6 is 11.6 Å². The van der Waals surface area contributed by atoms with Crippen LogP contribution in [0.4, 0.5) is 11.4 Å². The summed E-state index contributed by atoms with van der Waals surface area (Å²) in [5.41, 5.74) is -0.0456. The Balaban J connectivity index is 2.59. The van der Waals surface area contributed by atoms with Gasteiger partial charge in [-0.15, -0.1) is 0 Å². The fraction of sp³-hybridized carbons (Fsp3) is 0.417. The van der Waals surface area contributed by atoms with Crippen molar-refractivity contribution in [2.75, 3.05) is 11.4 Å². The van der Waals surface area contributed by atoms with Crippen molar-refractivity contribution in [3.63, 3.8) is 0 Å². The van der Waals surface area contributed by atoms with E-state index in [1.165, 1.54) is 6.07 Å². The Bertz CT molecular complexity index is 547. The molecule has 0 saturated carbocycles. The molecule has 1 fully saturated rings. The Morgan fingerprint density at radius 3 is 2.74 bits per heavy atom. The zero-order chi connectivity index (χ0) is 14.2. The summed E-state index contributed by atoms with van der Waals surface area (Å²) in [5, 5.41) is 20.1. The number of carbonyl (C=O) groups is 1. The smallest absolute Gasteiger partial charge is 0.338 e. The monoisotopic (exact) mass is 284 g/mol. The van der Waals surface area contributed by atoms with Gasteiger partial charge in [-0.3, -0.25) is 10.1 Å². The second kappa shape index (κ2) is 5.05. The van der Waals surface area contributed by atoms with Gasteiger partial charge in [-0.25, -0.2) is 4.79 Å². The minimum atomic E-state index is -1.21. The SMILES string of the molecule is CC1CCCN1c1c(Cl)cc([N+](=O)[O-])cc1C(=O)O. The van der Waals surface area contributed by atoms with Gasteiger partial charge in [0.25, 0.3) is 5.69 Å². The molecule has 1 saturated heterocycles. The number of non-ortho nitro benzene ring substituents is 1. The van der Waals surface area contributed by atoms with Gasteiger partial charge in [-0.1, -0.05) is 11.6 Å². The first-order valence-electron chi connectivity index (χ1n) is 5.89. The van der Waals surface area contributed by atoms with Gasteiger partial charge in [0.15, 0.2) is 0 Å². The molecule has 1 heterocycles. The highest BCUT2D eigenvalue weighted by Gasteiger charge is 2.29. The van der Waals surface area contributed by atoms with E-state index in [0.717, 1.165) is 18.9 Å². The van der Waals surface area contributed by atoms with Crippen molar-refractivity contribution in [1.82, 2.24) is 0 Å². The number of nitro groups is 1.